The first-order valence-electron chi connectivity index (χ1n) is 11.9. The first-order valence-corrected chi connectivity index (χ1v) is 11.9. The Bertz CT molecular complexity index is 848. The summed E-state index contributed by atoms with van der Waals surface area (Å²) >= 11 is 0. The van der Waals surface area contributed by atoms with Crippen molar-refractivity contribution >= 4 is 5.91 Å². The maximum atomic E-state index is 13.5. The quantitative estimate of drug-likeness (QED) is 0.479. The van der Waals surface area contributed by atoms with Crippen LogP contribution in [0, 0.1) is 5.92 Å². The van der Waals surface area contributed by atoms with Gasteiger partial charge in [-0.25, -0.2) is 0 Å². The Morgan fingerprint density at radius 2 is 2.00 bits per heavy atom. The molecule has 164 valence electrons. The molecule has 1 aromatic carbocycles. The van der Waals surface area contributed by atoms with E-state index in [0.29, 0.717) is 11.5 Å². The molecule has 0 radical (unpaired) electrons. The van der Waals surface area contributed by atoms with Gasteiger partial charge in [0, 0.05) is 30.5 Å². The number of rotatable bonds is 5. The Balaban J connectivity index is 1.84. The minimum atomic E-state index is -0.289. The van der Waals surface area contributed by atoms with Crippen LogP contribution in [0.5, 0.6) is 11.5 Å². The summed E-state index contributed by atoms with van der Waals surface area (Å²) in [7, 11) is 0. The first-order chi connectivity index (χ1) is 14.3. The summed E-state index contributed by atoms with van der Waals surface area (Å²) in [6, 6.07) is 2.07. The third-order valence-electron chi connectivity index (χ3n) is 7.39. The van der Waals surface area contributed by atoms with Gasteiger partial charge in [0.15, 0.2) is 0 Å². The Labute approximate surface area is 181 Å². The van der Waals surface area contributed by atoms with Crippen LogP contribution in [0.15, 0.2) is 17.7 Å². The van der Waals surface area contributed by atoms with Crippen molar-refractivity contribution in [3.63, 3.8) is 0 Å². The Hall–Kier alpha value is -1.97. The van der Waals surface area contributed by atoms with Crippen molar-refractivity contribution < 1.29 is 14.6 Å². The predicted octanol–water partition coefficient (Wildman–Crippen LogP) is 5.97. The summed E-state index contributed by atoms with van der Waals surface area (Å²) in [5.74, 6) is 1.35. The highest BCUT2D eigenvalue weighted by atomic mass is 16.5. The fourth-order valence-corrected chi connectivity index (χ4v) is 5.69. The number of nitrogens with zero attached hydrogens (tertiary/aromatic N) is 1. The van der Waals surface area contributed by atoms with Crippen molar-refractivity contribution in [2.45, 2.75) is 90.6 Å². The molecule has 0 bridgehead atoms. The van der Waals surface area contributed by atoms with Crippen LogP contribution in [0.25, 0.3) is 0 Å². The molecule has 3 aliphatic rings. The molecule has 2 aliphatic heterocycles. The zero-order chi connectivity index (χ0) is 21.5. The third-order valence-corrected chi connectivity index (χ3v) is 7.39. The van der Waals surface area contributed by atoms with Gasteiger partial charge in [0.05, 0.1) is 5.56 Å². The van der Waals surface area contributed by atoms with E-state index in [9.17, 15) is 9.90 Å². The number of fused-ring (bicyclic) bond motifs is 3. The SMILES string of the molecule is CCCCCc1cc2c(c(O)c1C(=O)N1CCCC1)C1C=C(C)CCC1C(C)(C)O2. The number of aromatic hydroxyl groups is 1. The molecule has 30 heavy (non-hydrogen) atoms. The molecule has 4 rings (SSSR count). The molecule has 4 heteroatoms. The lowest BCUT2D eigenvalue weighted by atomic mass is 9.67. The van der Waals surface area contributed by atoms with Crippen molar-refractivity contribution in [3.8, 4) is 11.5 Å². The van der Waals surface area contributed by atoms with Gasteiger partial charge in [0.25, 0.3) is 5.91 Å². The van der Waals surface area contributed by atoms with Gasteiger partial charge in [-0.2, -0.15) is 0 Å². The van der Waals surface area contributed by atoms with Crippen molar-refractivity contribution in [2.24, 2.45) is 5.92 Å². The normalized spacial score (nSPS) is 24.7. The van der Waals surface area contributed by atoms with E-state index in [1.807, 2.05) is 4.90 Å². The molecule has 1 aromatic rings. The number of hydrogen-bond acceptors (Lipinski definition) is 3. The van der Waals surface area contributed by atoms with Crippen LogP contribution >= 0.6 is 0 Å². The Morgan fingerprint density at radius 1 is 1.27 bits per heavy atom. The third kappa shape index (κ3) is 3.74. The minimum Gasteiger partial charge on any atom is -0.507 e. The number of ether oxygens (including phenoxy) is 1. The van der Waals surface area contributed by atoms with Gasteiger partial charge in [0.1, 0.15) is 17.1 Å². The van der Waals surface area contributed by atoms with E-state index < -0.39 is 0 Å². The highest BCUT2D eigenvalue weighted by Gasteiger charge is 2.46. The smallest absolute Gasteiger partial charge is 0.257 e. The maximum absolute atomic E-state index is 13.5. The average molecular weight is 412 g/mol. The average Bonchev–Trinajstić information content (AvgIpc) is 3.21. The molecule has 2 unspecified atom stereocenters. The summed E-state index contributed by atoms with van der Waals surface area (Å²) in [6.45, 7) is 10.3. The molecule has 1 aliphatic carbocycles. The fourth-order valence-electron chi connectivity index (χ4n) is 5.69. The van der Waals surface area contributed by atoms with Gasteiger partial charge >= 0.3 is 0 Å². The van der Waals surface area contributed by atoms with E-state index in [1.165, 1.54) is 5.57 Å². The van der Waals surface area contributed by atoms with Crippen molar-refractivity contribution in [1.29, 1.82) is 0 Å². The summed E-state index contributed by atoms with van der Waals surface area (Å²) in [5, 5.41) is 11.5. The molecule has 2 heterocycles. The van der Waals surface area contributed by atoms with E-state index in [4.69, 9.17) is 4.74 Å². The van der Waals surface area contributed by atoms with E-state index in [2.05, 4.69) is 39.8 Å². The van der Waals surface area contributed by atoms with Crippen molar-refractivity contribution in [3.05, 3.63) is 34.4 Å². The fraction of sp³-hybridized carbons (Fsp3) is 0.654. The summed E-state index contributed by atoms with van der Waals surface area (Å²) in [6.07, 6.45) is 10.6. The van der Waals surface area contributed by atoms with Crippen LogP contribution < -0.4 is 4.74 Å². The number of allylic oxidation sites excluding steroid dienone is 2. The number of unbranched alkanes of at least 4 members (excludes halogenated alkanes) is 2. The molecule has 2 atom stereocenters. The summed E-state index contributed by atoms with van der Waals surface area (Å²) in [5.41, 5.74) is 3.38. The number of likely N-dealkylation sites (tertiary alicyclic amines) is 1. The topological polar surface area (TPSA) is 49.8 Å². The molecule has 1 fully saturated rings. The van der Waals surface area contributed by atoms with Gasteiger partial charge in [-0.15, -0.1) is 0 Å². The number of aryl methyl sites for hydroxylation is 1. The molecule has 4 nitrogen and oxygen atoms in total. The lowest BCUT2D eigenvalue weighted by Crippen LogP contribution is -2.45. The van der Waals surface area contributed by atoms with Crippen LogP contribution in [-0.4, -0.2) is 34.6 Å². The summed E-state index contributed by atoms with van der Waals surface area (Å²) in [4.78, 5) is 15.4. The molecule has 1 saturated heterocycles. The summed E-state index contributed by atoms with van der Waals surface area (Å²) < 4.78 is 6.50. The lowest BCUT2D eigenvalue weighted by molar-refractivity contribution is 0.0106. The number of carbonyl (C=O) groups is 1. The van der Waals surface area contributed by atoms with E-state index in [-0.39, 0.29) is 23.2 Å². The number of carbonyl (C=O) groups excluding carboxylic acids is 1. The van der Waals surface area contributed by atoms with E-state index in [1.54, 1.807) is 0 Å². The van der Waals surface area contributed by atoms with Crippen LogP contribution in [-0.2, 0) is 6.42 Å². The van der Waals surface area contributed by atoms with Gasteiger partial charge in [-0.1, -0.05) is 31.4 Å². The minimum absolute atomic E-state index is 0.00260. The predicted molar refractivity (Wildman–Crippen MR) is 120 cm³/mol. The number of hydrogen-bond donors (Lipinski definition) is 1. The van der Waals surface area contributed by atoms with Gasteiger partial charge in [-0.05, 0) is 70.9 Å². The maximum Gasteiger partial charge on any atom is 0.257 e. The molecule has 0 spiro atoms. The number of amides is 1. The van der Waals surface area contributed by atoms with E-state index >= 15 is 0 Å². The monoisotopic (exact) mass is 411 g/mol. The standard InChI is InChI=1S/C26H37NO3/c1-5-6-7-10-18-16-21-23(24(28)22(18)25(29)27-13-8-9-14-27)19-15-17(2)11-12-20(19)26(3,4)30-21/h15-16,19-20,28H,5-14H2,1-4H3. The second-order valence-corrected chi connectivity index (χ2v) is 10.0. The van der Waals surface area contributed by atoms with Gasteiger partial charge in [0.2, 0.25) is 0 Å². The molecular weight excluding hydrogens is 374 g/mol. The number of phenolic OH excluding ortho intramolecular Hbond substituents is 1. The second-order valence-electron chi connectivity index (χ2n) is 10.0. The molecular formula is C26H37NO3. The van der Waals surface area contributed by atoms with Crippen LogP contribution in [0.3, 0.4) is 0 Å². The zero-order valence-corrected chi connectivity index (χ0v) is 19.1. The highest BCUT2D eigenvalue weighted by molar-refractivity contribution is 5.99. The Morgan fingerprint density at radius 3 is 2.70 bits per heavy atom. The second kappa shape index (κ2) is 8.28. The molecule has 1 amide bonds. The van der Waals surface area contributed by atoms with Crippen molar-refractivity contribution in [1.82, 2.24) is 4.90 Å². The van der Waals surface area contributed by atoms with Crippen molar-refractivity contribution in [2.75, 3.05) is 13.1 Å². The molecule has 0 saturated carbocycles. The van der Waals surface area contributed by atoms with E-state index in [0.717, 1.165) is 81.3 Å². The molecule has 0 aromatic heterocycles. The van der Waals surface area contributed by atoms with Crippen LogP contribution in [0.4, 0.5) is 0 Å². The zero-order valence-electron chi connectivity index (χ0n) is 19.1. The number of phenols is 1. The largest absolute Gasteiger partial charge is 0.507 e. The highest BCUT2D eigenvalue weighted by Crippen LogP contribution is 2.54. The first kappa shape index (κ1) is 21.3. The van der Waals surface area contributed by atoms with Gasteiger partial charge in [-0.3, -0.25) is 4.79 Å². The van der Waals surface area contributed by atoms with Crippen LogP contribution in [0.1, 0.15) is 100 Å². The number of benzene rings is 1. The molecule has 1 N–H and O–H groups in total. The Kier molecular flexibility index (Phi) is 5.87. The lowest BCUT2D eigenvalue weighted by Gasteiger charge is -2.46. The van der Waals surface area contributed by atoms with Gasteiger partial charge < -0.3 is 14.7 Å². The van der Waals surface area contributed by atoms with Crippen LogP contribution in [0.2, 0.25) is 0 Å².